The largest absolute Gasteiger partial charge is 0.494 e. The smallest absolute Gasteiger partial charge is 0.257 e. The number of methoxy groups -OCH3 is 1. The number of anilines is 1. The van der Waals surface area contributed by atoms with Crippen LogP contribution in [0.2, 0.25) is 0 Å². The fourth-order valence-corrected chi connectivity index (χ4v) is 2.98. The molecule has 134 valence electrons. The summed E-state index contributed by atoms with van der Waals surface area (Å²) in [6.45, 7) is 6.60. The lowest BCUT2D eigenvalue weighted by Gasteiger charge is -2.36. The molecule has 3 rings (SSSR count). The molecule has 6 nitrogen and oxygen atoms in total. The van der Waals surface area contributed by atoms with Crippen LogP contribution < -0.4 is 9.64 Å². The number of hydrogen-bond acceptors (Lipinski definition) is 4. The number of rotatable bonds is 4. The Bertz CT molecular complexity index is 751. The first-order valence-corrected chi connectivity index (χ1v) is 8.41. The quantitative estimate of drug-likeness (QED) is 0.854. The highest BCUT2D eigenvalue weighted by atomic mass is 19.1. The molecule has 25 heavy (non-hydrogen) atoms. The van der Waals surface area contributed by atoms with E-state index in [9.17, 15) is 9.18 Å². The number of hydrogen-bond donors (Lipinski definition) is 0. The second kappa shape index (κ2) is 7.13. The Kier molecular flexibility index (Phi) is 4.92. The standard InChI is InChI=1S/C18H23FN4O2/c1-13(2)23-12-14(11-20-23)18(24)22-8-6-21(7-9-22)16-5-4-15(19)10-17(16)25-3/h4-5,10-13H,6-9H2,1-3H3. The van der Waals surface area contributed by atoms with Crippen molar-refractivity contribution in [1.82, 2.24) is 14.7 Å². The minimum absolute atomic E-state index is 0.00220. The first-order chi connectivity index (χ1) is 12.0. The van der Waals surface area contributed by atoms with Crippen molar-refractivity contribution in [1.29, 1.82) is 0 Å². The molecule has 0 atom stereocenters. The number of piperazine rings is 1. The normalized spacial score (nSPS) is 14.9. The zero-order valence-electron chi connectivity index (χ0n) is 14.8. The highest BCUT2D eigenvalue weighted by Gasteiger charge is 2.24. The number of carbonyl (C=O) groups is 1. The second-order valence-electron chi connectivity index (χ2n) is 6.40. The van der Waals surface area contributed by atoms with Crippen molar-refractivity contribution in [2.45, 2.75) is 19.9 Å². The van der Waals surface area contributed by atoms with Crippen molar-refractivity contribution >= 4 is 11.6 Å². The number of nitrogens with zero attached hydrogens (tertiary/aromatic N) is 4. The van der Waals surface area contributed by atoms with E-state index in [4.69, 9.17) is 4.74 Å². The van der Waals surface area contributed by atoms with E-state index in [1.807, 2.05) is 18.7 Å². The van der Waals surface area contributed by atoms with Crippen molar-refractivity contribution in [3.05, 3.63) is 42.0 Å². The third-order valence-corrected chi connectivity index (χ3v) is 4.43. The fraction of sp³-hybridized carbons (Fsp3) is 0.444. The van der Waals surface area contributed by atoms with Crippen molar-refractivity contribution in [2.75, 3.05) is 38.2 Å². The van der Waals surface area contributed by atoms with Gasteiger partial charge in [0, 0.05) is 44.5 Å². The molecule has 1 saturated heterocycles. The summed E-state index contributed by atoms with van der Waals surface area (Å²) in [5.41, 5.74) is 1.46. The third-order valence-electron chi connectivity index (χ3n) is 4.43. The van der Waals surface area contributed by atoms with Crippen LogP contribution in [0.25, 0.3) is 0 Å². The number of amides is 1. The van der Waals surface area contributed by atoms with Gasteiger partial charge in [0.25, 0.3) is 5.91 Å². The van der Waals surface area contributed by atoms with Crippen molar-refractivity contribution in [3.63, 3.8) is 0 Å². The maximum Gasteiger partial charge on any atom is 0.257 e. The van der Waals surface area contributed by atoms with E-state index in [0.717, 1.165) is 5.69 Å². The van der Waals surface area contributed by atoms with Gasteiger partial charge in [-0.15, -0.1) is 0 Å². The van der Waals surface area contributed by atoms with Crippen LogP contribution in [0, 0.1) is 5.82 Å². The Hall–Kier alpha value is -2.57. The Morgan fingerprint density at radius 3 is 2.56 bits per heavy atom. The molecule has 1 aromatic carbocycles. The minimum Gasteiger partial charge on any atom is -0.494 e. The summed E-state index contributed by atoms with van der Waals surface area (Å²) in [6, 6.07) is 4.76. The van der Waals surface area contributed by atoms with Gasteiger partial charge in [0.1, 0.15) is 11.6 Å². The van der Waals surface area contributed by atoms with E-state index in [1.54, 1.807) is 23.1 Å². The monoisotopic (exact) mass is 346 g/mol. The first-order valence-electron chi connectivity index (χ1n) is 8.41. The van der Waals surface area contributed by atoms with Gasteiger partial charge in [0.05, 0.1) is 24.6 Å². The van der Waals surface area contributed by atoms with Crippen LogP contribution in [-0.4, -0.2) is 53.9 Å². The minimum atomic E-state index is -0.323. The molecule has 1 amide bonds. The summed E-state index contributed by atoms with van der Waals surface area (Å²) in [7, 11) is 1.53. The number of aromatic nitrogens is 2. The van der Waals surface area contributed by atoms with E-state index in [-0.39, 0.29) is 17.8 Å². The highest BCUT2D eigenvalue weighted by molar-refractivity contribution is 5.93. The third kappa shape index (κ3) is 3.60. The average molecular weight is 346 g/mol. The molecule has 2 heterocycles. The van der Waals surface area contributed by atoms with Crippen LogP contribution in [0.4, 0.5) is 10.1 Å². The molecule has 0 unspecified atom stereocenters. The van der Waals surface area contributed by atoms with Crippen LogP contribution in [0.15, 0.2) is 30.6 Å². The molecule has 0 bridgehead atoms. The summed E-state index contributed by atoms with van der Waals surface area (Å²) < 4.78 is 20.4. The lowest BCUT2D eigenvalue weighted by molar-refractivity contribution is 0.0746. The van der Waals surface area contributed by atoms with Crippen molar-refractivity contribution in [2.24, 2.45) is 0 Å². The molecular formula is C18H23FN4O2. The first kappa shape index (κ1) is 17.3. The van der Waals surface area contributed by atoms with Crippen LogP contribution in [0.5, 0.6) is 5.75 Å². The highest BCUT2D eigenvalue weighted by Crippen LogP contribution is 2.29. The predicted octanol–water partition coefficient (Wildman–Crippen LogP) is 2.57. The summed E-state index contributed by atoms with van der Waals surface area (Å²) in [5, 5.41) is 4.23. The molecule has 0 aliphatic carbocycles. The lowest BCUT2D eigenvalue weighted by Crippen LogP contribution is -2.48. The molecule has 0 saturated carbocycles. The van der Waals surface area contributed by atoms with Crippen molar-refractivity contribution < 1.29 is 13.9 Å². The fourth-order valence-electron chi connectivity index (χ4n) is 2.98. The van der Waals surface area contributed by atoms with Crippen LogP contribution in [-0.2, 0) is 0 Å². The molecule has 1 aliphatic rings. The summed E-state index contributed by atoms with van der Waals surface area (Å²) in [6.07, 6.45) is 3.42. The zero-order valence-corrected chi connectivity index (χ0v) is 14.8. The van der Waals surface area contributed by atoms with Gasteiger partial charge in [-0.05, 0) is 26.0 Å². The van der Waals surface area contributed by atoms with Gasteiger partial charge < -0.3 is 14.5 Å². The van der Waals surface area contributed by atoms with Crippen LogP contribution >= 0.6 is 0 Å². The topological polar surface area (TPSA) is 50.6 Å². The van der Waals surface area contributed by atoms with Crippen LogP contribution in [0.3, 0.4) is 0 Å². The van der Waals surface area contributed by atoms with Gasteiger partial charge in [-0.2, -0.15) is 5.10 Å². The zero-order chi connectivity index (χ0) is 18.0. The maximum atomic E-state index is 13.4. The molecule has 7 heteroatoms. The van der Waals surface area contributed by atoms with Gasteiger partial charge in [0.15, 0.2) is 0 Å². The Morgan fingerprint density at radius 2 is 1.96 bits per heavy atom. The Labute approximate surface area is 146 Å². The molecule has 0 spiro atoms. The number of halogens is 1. The second-order valence-corrected chi connectivity index (χ2v) is 6.40. The summed E-state index contributed by atoms with van der Waals surface area (Å²) in [4.78, 5) is 16.6. The van der Waals surface area contributed by atoms with Crippen molar-refractivity contribution in [3.8, 4) is 5.75 Å². The van der Waals surface area contributed by atoms with E-state index >= 15 is 0 Å². The number of benzene rings is 1. The predicted molar refractivity (Wildman–Crippen MR) is 93.7 cm³/mol. The van der Waals surface area contributed by atoms with Gasteiger partial charge in [-0.1, -0.05) is 0 Å². The lowest BCUT2D eigenvalue weighted by atomic mass is 10.2. The molecule has 1 aliphatic heterocycles. The van der Waals surface area contributed by atoms with E-state index in [0.29, 0.717) is 37.5 Å². The van der Waals surface area contributed by atoms with E-state index < -0.39 is 0 Å². The molecule has 2 aromatic rings. The number of carbonyl (C=O) groups excluding carboxylic acids is 1. The molecule has 0 radical (unpaired) electrons. The maximum absolute atomic E-state index is 13.4. The van der Waals surface area contributed by atoms with Gasteiger partial charge in [-0.3, -0.25) is 9.48 Å². The summed E-state index contributed by atoms with van der Waals surface area (Å²) in [5.74, 6) is 0.187. The molecule has 0 N–H and O–H groups in total. The Morgan fingerprint density at radius 1 is 1.24 bits per heavy atom. The number of ether oxygens (including phenoxy) is 1. The van der Waals surface area contributed by atoms with E-state index in [1.165, 1.54) is 19.2 Å². The summed E-state index contributed by atoms with van der Waals surface area (Å²) >= 11 is 0. The van der Waals surface area contributed by atoms with Gasteiger partial charge in [-0.25, -0.2) is 4.39 Å². The molecular weight excluding hydrogens is 323 g/mol. The Balaban J connectivity index is 1.66. The average Bonchev–Trinajstić information content (AvgIpc) is 3.11. The molecule has 1 aromatic heterocycles. The SMILES string of the molecule is COc1cc(F)ccc1N1CCN(C(=O)c2cnn(C(C)C)c2)CC1. The molecule has 1 fully saturated rings. The van der Waals surface area contributed by atoms with Gasteiger partial charge >= 0.3 is 0 Å². The van der Waals surface area contributed by atoms with Crippen LogP contribution in [0.1, 0.15) is 30.2 Å². The van der Waals surface area contributed by atoms with Gasteiger partial charge in [0.2, 0.25) is 0 Å². The van der Waals surface area contributed by atoms with E-state index in [2.05, 4.69) is 10.00 Å².